The van der Waals surface area contributed by atoms with Crippen LogP contribution in [0.1, 0.15) is 19.8 Å². The van der Waals surface area contributed by atoms with Crippen LogP contribution in [0.4, 0.5) is 0 Å². The first-order valence-corrected chi connectivity index (χ1v) is 4.59. The van der Waals surface area contributed by atoms with Crippen LogP contribution in [-0.2, 0) is 4.79 Å². The van der Waals surface area contributed by atoms with Crippen molar-refractivity contribution < 1.29 is 4.79 Å². The molecular formula is C7H13NOS. The van der Waals surface area contributed by atoms with E-state index in [1.165, 1.54) is 0 Å². The lowest BCUT2D eigenvalue weighted by atomic mass is 10.2. The zero-order valence-corrected chi connectivity index (χ0v) is 7.20. The number of carbonyl (C=O) groups is 1. The van der Waals surface area contributed by atoms with E-state index in [0.29, 0.717) is 11.7 Å². The summed E-state index contributed by atoms with van der Waals surface area (Å²) in [5.74, 6) is -0.0683. The van der Waals surface area contributed by atoms with Crippen LogP contribution in [0.15, 0.2) is 0 Å². The van der Waals surface area contributed by atoms with Crippen molar-refractivity contribution in [1.82, 2.24) is 0 Å². The predicted octanol–water partition coefficient (Wildman–Crippen LogP) is 1.74. The van der Waals surface area contributed by atoms with E-state index >= 15 is 0 Å². The van der Waals surface area contributed by atoms with E-state index in [9.17, 15) is 4.79 Å². The van der Waals surface area contributed by atoms with E-state index < -0.39 is 0 Å². The van der Waals surface area contributed by atoms with Crippen molar-refractivity contribution in [2.24, 2.45) is 0 Å². The maximum Gasteiger partial charge on any atom is 0.174 e. The van der Waals surface area contributed by atoms with E-state index in [1.807, 2.05) is 6.26 Å². The smallest absolute Gasteiger partial charge is 0.174 e. The van der Waals surface area contributed by atoms with Gasteiger partial charge in [-0.25, -0.2) is 0 Å². The first kappa shape index (κ1) is 9.69. The second kappa shape index (κ2) is 5.47. The average Bonchev–Trinajstić information content (AvgIpc) is 1.99. The summed E-state index contributed by atoms with van der Waals surface area (Å²) in [7, 11) is 0. The minimum atomic E-state index is -0.0683. The number of ketones is 1. The standard InChI is InChI=1S/C7H13NOS/c1-3-7(10-2)4-6(9)5-8/h5,7-8H,3-4H2,1-2H3. The van der Waals surface area contributed by atoms with Gasteiger partial charge in [0.2, 0.25) is 0 Å². The van der Waals surface area contributed by atoms with Gasteiger partial charge < -0.3 is 5.41 Å². The molecule has 1 atom stereocenters. The molecule has 1 unspecified atom stereocenters. The van der Waals surface area contributed by atoms with Gasteiger partial charge >= 0.3 is 0 Å². The van der Waals surface area contributed by atoms with E-state index in [1.54, 1.807) is 11.8 Å². The van der Waals surface area contributed by atoms with Crippen molar-refractivity contribution in [1.29, 1.82) is 5.41 Å². The molecule has 0 rings (SSSR count). The average molecular weight is 159 g/mol. The molecule has 0 saturated heterocycles. The number of carbonyl (C=O) groups excluding carboxylic acids is 1. The minimum Gasteiger partial charge on any atom is -0.305 e. The summed E-state index contributed by atoms with van der Waals surface area (Å²) in [6.45, 7) is 2.05. The fourth-order valence-electron chi connectivity index (χ4n) is 0.678. The third-order valence-corrected chi connectivity index (χ3v) is 2.55. The molecule has 1 N–H and O–H groups in total. The molecule has 58 valence electrons. The van der Waals surface area contributed by atoms with E-state index in [2.05, 4.69) is 6.92 Å². The lowest BCUT2D eigenvalue weighted by molar-refractivity contribution is -0.112. The molecule has 0 bridgehead atoms. The van der Waals surface area contributed by atoms with Gasteiger partial charge in [-0.3, -0.25) is 4.79 Å². The molecular weight excluding hydrogens is 146 g/mol. The SMILES string of the molecule is CCC(CC(=O)C=N)SC. The molecule has 0 aromatic carbocycles. The number of hydrogen-bond acceptors (Lipinski definition) is 3. The van der Waals surface area contributed by atoms with Crippen molar-refractivity contribution in [3.8, 4) is 0 Å². The highest BCUT2D eigenvalue weighted by atomic mass is 32.2. The number of nitrogens with one attached hydrogen (secondary N) is 1. The zero-order valence-electron chi connectivity index (χ0n) is 6.39. The highest BCUT2D eigenvalue weighted by Crippen LogP contribution is 2.13. The normalized spacial score (nSPS) is 12.6. The fraction of sp³-hybridized carbons (Fsp3) is 0.714. The lowest BCUT2D eigenvalue weighted by Gasteiger charge is -2.07. The van der Waals surface area contributed by atoms with E-state index in [4.69, 9.17) is 5.41 Å². The fourth-order valence-corrected chi connectivity index (χ4v) is 1.34. The highest BCUT2D eigenvalue weighted by molar-refractivity contribution is 7.99. The zero-order chi connectivity index (χ0) is 7.98. The number of rotatable bonds is 5. The van der Waals surface area contributed by atoms with E-state index in [0.717, 1.165) is 12.6 Å². The molecule has 0 saturated carbocycles. The Labute approximate surface area is 65.9 Å². The topological polar surface area (TPSA) is 40.9 Å². The molecule has 0 spiro atoms. The van der Waals surface area contributed by atoms with Gasteiger partial charge in [-0.2, -0.15) is 11.8 Å². The maximum atomic E-state index is 10.7. The summed E-state index contributed by atoms with van der Waals surface area (Å²) in [6, 6.07) is 0. The Balaban J connectivity index is 3.62. The summed E-state index contributed by atoms with van der Waals surface area (Å²) in [5, 5.41) is 7.07. The lowest BCUT2D eigenvalue weighted by Crippen LogP contribution is -2.09. The second-order valence-corrected chi connectivity index (χ2v) is 3.22. The molecule has 3 heteroatoms. The Morgan fingerprint density at radius 1 is 1.80 bits per heavy atom. The predicted molar refractivity (Wildman–Crippen MR) is 46.0 cm³/mol. The Morgan fingerprint density at radius 2 is 2.40 bits per heavy atom. The molecule has 0 radical (unpaired) electrons. The van der Waals surface area contributed by atoms with Crippen molar-refractivity contribution in [2.75, 3.05) is 6.26 Å². The van der Waals surface area contributed by atoms with E-state index in [-0.39, 0.29) is 5.78 Å². The van der Waals surface area contributed by atoms with Gasteiger partial charge in [0.25, 0.3) is 0 Å². The van der Waals surface area contributed by atoms with Gasteiger partial charge in [0.15, 0.2) is 5.78 Å². The van der Waals surface area contributed by atoms with Crippen molar-refractivity contribution in [3.05, 3.63) is 0 Å². The summed E-state index contributed by atoms with van der Waals surface area (Å²) in [6.07, 6.45) is 4.41. The molecule has 10 heavy (non-hydrogen) atoms. The maximum absolute atomic E-state index is 10.7. The Bertz CT molecular complexity index is 121. The summed E-state index contributed by atoms with van der Waals surface area (Å²) < 4.78 is 0. The van der Waals surface area contributed by atoms with Crippen LogP contribution >= 0.6 is 11.8 Å². The summed E-state index contributed by atoms with van der Waals surface area (Å²) >= 11 is 1.69. The molecule has 0 aliphatic heterocycles. The summed E-state index contributed by atoms with van der Waals surface area (Å²) in [4.78, 5) is 10.7. The molecule has 0 aromatic rings. The quantitative estimate of drug-likeness (QED) is 0.621. The van der Waals surface area contributed by atoms with Crippen LogP contribution in [0.2, 0.25) is 0 Å². The van der Waals surface area contributed by atoms with Gasteiger partial charge in [-0.15, -0.1) is 0 Å². The molecule has 0 aliphatic carbocycles. The third-order valence-electron chi connectivity index (χ3n) is 1.38. The molecule has 2 nitrogen and oxygen atoms in total. The first-order valence-electron chi connectivity index (χ1n) is 3.30. The summed E-state index contributed by atoms with van der Waals surface area (Å²) in [5.41, 5.74) is 0. The van der Waals surface area contributed by atoms with Crippen molar-refractivity contribution in [2.45, 2.75) is 25.0 Å². The molecule has 0 heterocycles. The van der Waals surface area contributed by atoms with Crippen molar-refractivity contribution in [3.63, 3.8) is 0 Å². The minimum absolute atomic E-state index is 0.0683. The number of thioether (sulfide) groups is 1. The largest absolute Gasteiger partial charge is 0.305 e. The third kappa shape index (κ3) is 3.67. The molecule has 0 fully saturated rings. The van der Waals surface area contributed by atoms with Crippen LogP contribution in [0.3, 0.4) is 0 Å². The van der Waals surface area contributed by atoms with Gasteiger partial charge in [0.05, 0.1) is 6.21 Å². The van der Waals surface area contributed by atoms with Crippen LogP contribution < -0.4 is 0 Å². The van der Waals surface area contributed by atoms with Crippen LogP contribution in [-0.4, -0.2) is 23.5 Å². The molecule has 0 amide bonds. The van der Waals surface area contributed by atoms with Gasteiger partial charge in [0, 0.05) is 11.7 Å². The van der Waals surface area contributed by atoms with Crippen LogP contribution in [0.25, 0.3) is 0 Å². The van der Waals surface area contributed by atoms with Gasteiger partial charge in [-0.1, -0.05) is 6.92 Å². The van der Waals surface area contributed by atoms with Crippen LogP contribution in [0, 0.1) is 5.41 Å². The Morgan fingerprint density at radius 3 is 2.70 bits per heavy atom. The van der Waals surface area contributed by atoms with Crippen molar-refractivity contribution >= 4 is 23.8 Å². The first-order chi connectivity index (χ1) is 4.74. The van der Waals surface area contributed by atoms with Gasteiger partial charge in [-0.05, 0) is 12.7 Å². The Hall–Kier alpha value is -0.310. The van der Waals surface area contributed by atoms with Gasteiger partial charge in [0.1, 0.15) is 0 Å². The molecule has 0 aromatic heterocycles. The molecule has 0 aliphatic rings. The Kier molecular flexibility index (Phi) is 5.30. The number of Topliss-reactive ketones (excluding diaryl/α,β-unsaturated/α-hetero) is 1. The second-order valence-electron chi connectivity index (χ2n) is 2.08. The monoisotopic (exact) mass is 159 g/mol. The van der Waals surface area contributed by atoms with Crippen LogP contribution in [0.5, 0.6) is 0 Å². The highest BCUT2D eigenvalue weighted by Gasteiger charge is 2.07. The number of hydrogen-bond donors (Lipinski definition) is 1.